The van der Waals surface area contributed by atoms with E-state index < -0.39 is 0 Å². The zero-order valence-corrected chi connectivity index (χ0v) is 15.6. The molecule has 1 fully saturated rings. The Labute approximate surface area is 156 Å². The van der Waals surface area contributed by atoms with Crippen LogP contribution in [0.25, 0.3) is 0 Å². The molecule has 0 saturated carbocycles. The van der Waals surface area contributed by atoms with E-state index in [1.54, 1.807) is 0 Å². The highest BCUT2D eigenvalue weighted by Crippen LogP contribution is 2.29. The van der Waals surface area contributed by atoms with Crippen molar-refractivity contribution in [3.8, 4) is 17.6 Å². The lowest BCUT2D eigenvalue weighted by Gasteiger charge is -2.42. The summed E-state index contributed by atoms with van der Waals surface area (Å²) in [6.07, 6.45) is 1.11. The average molecular weight is 349 g/mol. The van der Waals surface area contributed by atoms with E-state index in [1.807, 2.05) is 54.6 Å². The van der Waals surface area contributed by atoms with Gasteiger partial charge in [0.05, 0.1) is 6.07 Å². The molecule has 3 rings (SSSR count). The van der Waals surface area contributed by atoms with Crippen molar-refractivity contribution in [2.45, 2.75) is 32.4 Å². The molecule has 1 aliphatic rings. The van der Waals surface area contributed by atoms with Crippen LogP contribution in [0.5, 0.6) is 11.5 Å². The smallest absolute Gasteiger partial charge is 0.127 e. The van der Waals surface area contributed by atoms with E-state index in [1.165, 1.54) is 0 Å². The lowest BCUT2D eigenvalue weighted by molar-refractivity contribution is 0.0623. The average Bonchev–Trinajstić information content (AvgIpc) is 2.69. The van der Waals surface area contributed by atoms with E-state index in [2.05, 4.69) is 29.7 Å². The summed E-state index contributed by atoms with van der Waals surface area (Å²) in [5, 5.41) is 9.85. The number of nitrogens with zero attached hydrogens (tertiary/aromatic N) is 3. The molecule has 4 nitrogen and oxygen atoms in total. The summed E-state index contributed by atoms with van der Waals surface area (Å²) in [5.74, 6) is 1.58. The highest BCUT2D eigenvalue weighted by Gasteiger charge is 2.30. The maximum Gasteiger partial charge on any atom is 0.127 e. The number of hydrogen-bond donors (Lipinski definition) is 0. The number of rotatable bonds is 6. The van der Waals surface area contributed by atoms with Gasteiger partial charge in [0.15, 0.2) is 0 Å². The molecule has 0 amide bonds. The summed E-state index contributed by atoms with van der Waals surface area (Å²) < 4.78 is 5.94. The van der Waals surface area contributed by atoms with Crippen LogP contribution in [0.2, 0.25) is 0 Å². The minimum absolute atomic E-state index is 0.234. The molecule has 2 aromatic carbocycles. The summed E-state index contributed by atoms with van der Waals surface area (Å²) in [6, 6.07) is 20.5. The second-order valence-electron chi connectivity index (χ2n) is 6.70. The van der Waals surface area contributed by atoms with Crippen molar-refractivity contribution in [3.05, 3.63) is 60.2 Å². The van der Waals surface area contributed by atoms with E-state index >= 15 is 0 Å². The van der Waals surface area contributed by atoms with Gasteiger partial charge in [-0.05, 0) is 42.8 Å². The number of piperazine rings is 1. The second-order valence-corrected chi connectivity index (χ2v) is 6.70. The minimum atomic E-state index is -0.234. The molecule has 2 aromatic rings. The Morgan fingerprint density at radius 1 is 1.08 bits per heavy atom. The second kappa shape index (κ2) is 8.84. The van der Waals surface area contributed by atoms with Crippen LogP contribution in [-0.2, 0) is 0 Å². The van der Waals surface area contributed by atoms with Crippen molar-refractivity contribution < 1.29 is 4.74 Å². The first-order chi connectivity index (χ1) is 12.7. The molecule has 1 heterocycles. The predicted molar refractivity (Wildman–Crippen MR) is 104 cm³/mol. The third-order valence-corrected chi connectivity index (χ3v) is 5.15. The number of nitriles is 1. The van der Waals surface area contributed by atoms with E-state index in [9.17, 15) is 5.26 Å². The number of ether oxygens (including phenoxy) is 1. The Bertz CT molecular complexity index is 741. The van der Waals surface area contributed by atoms with Gasteiger partial charge < -0.3 is 4.74 Å². The van der Waals surface area contributed by atoms with Crippen molar-refractivity contribution in [1.29, 1.82) is 5.26 Å². The van der Waals surface area contributed by atoms with Gasteiger partial charge in [-0.15, -0.1) is 0 Å². The van der Waals surface area contributed by atoms with Crippen LogP contribution in [0.1, 0.15) is 31.9 Å². The van der Waals surface area contributed by atoms with Gasteiger partial charge in [-0.1, -0.05) is 44.2 Å². The zero-order chi connectivity index (χ0) is 18.4. The molecule has 4 heteroatoms. The predicted octanol–water partition coefficient (Wildman–Crippen LogP) is 4.46. The fourth-order valence-electron chi connectivity index (χ4n) is 3.69. The lowest BCUT2D eigenvalue weighted by atomic mass is 10.0. The van der Waals surface area contributed by atoms with E-state index in [0.717, 1.165) is 49.7 Å². The Morgan fingerprint density at radius 2 is 1.85 bits per heavy atom. The minimum Gasteiger partial charge on any atom is -0.457 e. The van der Waals surface area contributed by atoms with Crippen LogP contribution in [0.4, 0.5) is 0 Å². The Kier molecular flexibility index (Phi) is 6.27. The molecule has 2 unspecified atom stereocenters. The molecule has 0 N–H and O–H groups in total. The van der Waals surface area contributed by atoms with Crippen LogP contribution in [-0.4, -0.2) is 42.0 Å². The van der Waals surface area contributed by atoms with Gasteiger partial charge >= 0.3 is 0 Å². The largest absolute Gasteiger partial charge is 0.457 e. The van der Waals surface area contributed by atoms with Gasteiger partial charge in [0.2, 0.25) is 0 Å². The summed E-state index contributed by atoms with van der Waals surface area (Å²) >= 11 is 0. The van der Waals surface area contributed by atoms with Crippen LogP contribution in [0, 0.1) is 11.3 Å². The molecule has 26 heavy (non-hydrogen) atoms. The summed E-state index contributed by atoms with van der Waals surface area (Å²) in [6.45, 7) is 8.40. The Balaban J connectivity index is 1.76. The highest BCUT2D eigenvalue weighted by molar-refractivity contribution is 5.36. The monoisotopic (exact) mass is 349 g/mol. The van der Waals surface area contributed by atoms with Crippen LogP contribution in [0.3, 0.4) is 0 Å². The maximum absolute atomic E-state index is 9.85. The molecular formula is C22H27N3O. The van der Waals surface area contributed by atoms with Crippen molar-refractivity contribution >= 4 is 0 Å². The number of likely N-dealkylation sites (N-methyl/N-ethyl adjacent to an activating group) is 1. The fourth-order valence-corrected chi connectivity index (χ4v) is 3.69. The summed E-state index contributed by atoms with van der Waals surface area (Å²) in [7, 11) is 0. The van der Waals surface area contributed by atoms with Crippen molar-refractivity contribution in [2.75, 3.05) is 26.2 Å². The molecule has 2 atom stereocenters. The molecule has 1 saturated heterocycles. The van der Waals surface area contributed by atoms with Crippen molar-refractivity contribution in [3.63, 3.8) is 0 Å². The SMILES string of the molecule is CCC1CN(C(C#N)c2cccc(Oc3ccccc3)c2)CCN1CC. The maximum atomic E-state index is 9.85. The van der Waals surface area contributed by atoms with Gasteiger partial charge in [0, 0.05) is 25.7 Å². The van der Waals surface area contributed by atoms with E-state index in [0.29, 0.717) is 6.04 Å². The topological polar surface area (TPSA) is 39.5 Å². The first-order valence-corrected chi connectivity index (χ1v) is 9.45. The summed E-state index contributed by atoms with van der Waals surface area (Å²) in [4.78, 5) is 4.82. The number of hydrogen-bond acceptors (Lipinski definition) is 4. The van der Waals surface area contributed by atoms with Gasteiger partial charge in [-0.25, -0.2) is 0 Å². The number of benzene rings is 2. The van der Waals surface area contributed by atoms with Gasteiger partial charge in [-0.2, -0.15) is 5.26 Å². The van der Waals surface area contributed by atoms with Crippen molar-refractivity contribution in [1.82, 2.24) is 9.80 Å². The first kappa shape index (κ1) is 18.4. The van der Waals surface area contributed by atoms with Crippen LogP contribution in [0.15, 0.2) is 54.6 Å². The van der Waals surface area contributed by atoms with Crippen LogP contribution >= 0.6 is 0 Å². The third kappa shape index (κ3) is 4.24. The standard InChI is InChI=1S/C22H27N3O/c1-3-19-17-25(14-13-24(19)4-2)22(16-23)18-9-8-12-21(15-18)26-20-10-6-5-7-11-20/h5-12,15,19,22H,3-4,13-14,17H2,1-2H3. The molecule has 0 spiro atoms. The molecule has 0 aliphatic carbocycles. The molecule has 1 aliphatic heterocycles. The van der Waals surface area contributed by atoms with Gasteiger partial charge in [0.25, 0.3) is 0 Å². The molecular weight excluding hydrogens is 322 g/mol. The quantitative estimate of drug-likeness (QED) is 0.772. The normalized spacial score (nSPS) is 19.7. The molecule has 0 aromatic heterocycles. The zero-order valence-electron chi connectivity index (χ0n) is 15.6. The Morgan fingerprint density at radius 3 is 2.54 bits per heavy atom. The first-order valence-electron chi connectivity index (χ1n) is 9.45. The fraction of sp³-hybridized carbons (Fsp3) is 0.409. The van der Waals surface area contributed by atoms with Crippen molar-refractivity contribution in [2.24, 2.45) is 0 Å². The van der Waals surface area contributed by atoms with E-state index in [-0.39, 0.29) is 6.04 Å². The Hall–Kier alpha value is -2.35. The molecule has 0 bridgehead atoms. The molecule has 136 valence electrons. The number of para-hydroxylation sites is 1. The molecule has 0 radical (unpaired) electrons. The van der Waals surface area contributed by atoms with Crippen LogP contribution < -0.4 is 4.74 Å². The third-order valence-electron chi connectivity index (χ3n) is 5.15. The summed E-state index contributed by atoms with van der Waals surface area (Å²) in [5.41, 5.74) is 1.00. The highest BCUT2D eigenvalue weighted by atomic mass is 16.5. The van der Waals surface area contributed by atoms with E-state index in [4.69, 9.17) is 4.74 Å². The lowest BCUT2D eigenvalue weighted by Crippen LogP contribution is -2.53. The van der Waals surface area contributed by atoms with Gasteiger partial charge in [-0.3, -0.25) is 9.80 Å². The van der Waals surface area contributed by atoms with Gasteiger partial charge in [0.1, 0.15) is 17.5 Å².